The van der Waals surface area contributed by atoms with Crippen molar-refractivity contribution in [2.75, 3.05) is 13.1 Å². The van der Waals surface area contributed by atoms with Crippen molar-refractivity contribution >= 4 is 12.4 Å². The first-order chi connectivity index (χ1) is 4.34. The van der Waals surface area contributed by atoms with Crippen molar-refractivity contribution in [3.8, 4) is 6.07 Å². The standard InChI is InChI=1S/C6H9FN2.ClH/c7-6-4-9-2-1-5(6)3-8;/h5-6,9H,1-2,4H2;1H. The highest BCUT2D eigenvalue weighted by atomic mass is 35.5. The van der Waals surface area contributed by atoms with Crippen LogP contribution in [-0.2, 0) is 0 Å². The number of hydrogen-bond donors (Lipinski definition) is 1. The zero-order valence-electron chi connectivity index (χ0n) is 5.51. The molecular formula is C6H10ClFN2. The molecule has 2 atom stereocenters. The Kier molecular flexibility index (Phi) is 4.33. The van der Waals surface area contributed by atoms with Crippen molar-refractivity contribution in [3.63, 3.8) is 0 Å². The minimum Gasteiger partial charge on any atom is -0.314 e. The summed E-state index contributed by atoms with van der Waals surface area (Å²) in [6.45, 7) is 1.12. The van der Waals surface area contributed by atoms with Gasteiger partial charge in [0, 0.05) is 6.54 Å². The second kappa shape index (κ2) is 4.48. The van der Waals surface area contributed by atoms with Crippen molar-refractivity contribution in [2.24, 2.45) is 5.92 Å². The molecule has 0 saturated carbocycles. The predicted octanol–water partition coefficient (Wildman–Crippen LogP) is 0.879. The van der Waals surface area contributed by atoms with Crippen LogP contribution in [0, 0.1) is 17.2 Å². The Labute approximate surface area is 65.8 Å². The van der Waals surface area contributed by atoms with Crippen LogP contribution < -0.4 is 5.32 Å². The highest BCUT2D eigenvalue weighted by Crippen LogP contribution is 2.13. The van der Waals surface area contributed by atoms with Crippen LogP contribution in [0.2, 0.25) is 0 Å². The van der Waals surface area contributed by atoms with Gasteiger partial charge < -0.3 is 5.32 Å². The van der Waals surface area contributed by atoms with E-state index in [9.17, 15) is 4.39 Å². The van der Waals surface area contributed by atoms with Gasteiger partial charge >= 0.3 is 0 Å². The number of rotatable bonds is 0. The van der Waals surface area contributed by atoms with Crippen molar-refractivity contribution in [1.82, 2.24) is 5.32 Å². The first-order valence-electron chi connectivity index (χ1n) is 3.09. The van der Waals surface area contributed by atoms with Gasteiger partial charge in [0.1, 0.15) is 6.17 Å². The molecule has 0 bridgehead atoms. The van der Waals surface area contributed by atoms with E-state index in [1.165, 1.54) is 0 Å². The van der Waals surface area contributed by atoms with E-state index >= 15 is 0 Å². The van der Waals surface area contributed by atoms with Crippen molar-refractivity contribution < 1.29 is 4.39 Å². The summed E-state index contributed by atoms with van der Waals surface area (Å²) in [5, 5.41) is 11.2. The van der Waals surface area contributed by atoms with Crippen LogP contribution in [0.25, 0.3) is 0 Å². The molecule has 2 unspecified atom stereocenters. The Morgan fingerprint density at radius 3 is 2.70 bits per heavy atom. The van der Waals surface area contributed by atoms with Crippen LogP contribution >= 0.6 is 12.4 Å². The number of hydrogen-bond acceptors (Lipinski definition) is 2. The third-order valence-corrected chi connectivity index (χ3v) is 1.57. The lowest BCUT2D eigenvalue weighted by atomic mass is 9.98. The number of alkyl halides is 1. The van der Waals surface area contributed by atoms with Crippen LogP contribution in [-0.4, -0.2) is 19.3 Å². The quantitative estimate of drug-likeness (QED) is 0.577. The van der Waals surface area contributed by atoms with Crippen LogP contribution in [0.4, 0.5) is 4.39 Å². The molecule has 2 nitrogen and oxygen atoms in total. The van der Waals surface area contributed by atoms with Crippen molar-refractivity contribution in [3.05, 3.63) is 0 Å². The van der Waals surface area contributed by atoms with Crippen molar-refractivity contribution in [1.29, 1.82) is 5.26 Å². The molecule has 10 heavy (non-hydrogen) atoms. The first-order valence-corrected chi connectivity index (χ1v) is 3.09. The van der Waals surface area contributed by atoms with Gasteiger partial charge in [-0.05, 0) is 13.0 Å². The lowest BCUT2D eigenvalue weighted by Gasteiger charge is -2.20. The molecule has 0 amide bonds. The van der Waals surface area contributed by atoms with Gasteiger partial charge in [-0.2, -0.15) is 5.26 Å². The molecule has 0 aromatic carbocycles. The van der Waals surface area contributed by atoms with E-state index in [0.29, 0.717) is 13.0 Å². The number of nitriles is 1. The number of nitrogens with one attached hydrogen (secondary N) is 1. The van der Waals surface area contributed by atoms with E-state index in [2.05, 4.69) is 5.32 Å². The molecule has 0 aliphatic carbocycles. The van der Waals surface area contributed by atoms with Gasteiger partial charge in [0.25, 0.3) is 0 Å². The van der Waals surface area contributed by atoms with Gasteiger partial charge in [-0.3, -0.25) is 0 Å². The molecule has 1 N–H and O–H groups in total. The fraction of sp³-hybridized carbons (Fsp3) is 0.833. The molecule has 1 aliphatic rings. The van der Waals surface area contributed by atoms with E-state index in [1.807, 2.05) is 6.07 Å². The Hall–Kier alpha value is -0.330. The molecule has 1 aliphatic heterocycles. The number of halogens is 2. The summed E-state index contributed by atoms with van der Waals surface area (Å²) < 4.78 is 12.6. The Balaban J connectivity index is 0.000000810. The Bertz CT molecular complexity index is 134. The van der Waals surface area contributed by atoms with Gasteiger partial charge in [-0.15, -0.1) is 12.4 Å². The van der Waals surface area contributed by atoms with Crippen LogP contribution in [0.1, 0.15) is 6.42 Å². The second-order valence-corrected chi connectivity index (χ2v) is 2.24. The minimum absolute atomic E-state index is 0. The third-order valence-electron chi connectivity index (χ3n) is 1.57. The summed E-state index contributed by atoms with van der Waals surface area (Å²) in [6.07, 6.45) is -0.304. The van der Waals surface area contributed by atoms with Gasteiger partial charge in [0.15, 0.2) is 0 Å². The zero-order valence-corrected chi connectivity index (χ0v) is 6.33. The van der Waals surface area contributed by atoms with E-state index < -0.39 is 6.17 Å². The highest BCUT2D eigenvalue weighted by molar-refractivity contribution is 5.85. The van der Waals surface area contributed by atoms with Gasteiger partial charge in [0.05, 0.1) is 12.0 Å². The molecule has 0 aromatic rings. The van der Waals surface area contributed by atoms with Crippen LogP contribution in [0.5, 0.6) is 0 Å². The van der Waals surface area contributed by atoms with E-state index in [4.69, 9.17) is 5.26 Å². The SMILES string of the molecule is Cl.N#CC1CCNCC1F. The molecular weight excluding hydrogens is 155 g/mol. The Morgan fingerprint density at radius 1 is 1.60 bits per heavy atom. The normalized spacial score (nSPS) is 32.0. The third kappa shape index (κ3) is 2.13. The fourth-order valence-corrected chi connectivity index (χ4v) is 0.966. The molecule has 58 valence electrons. The summed E-state index contributed by atoms with van der Waals surface area (Å²) in [5.74, 6) is -0.369. The average Bonchev–Trinajstić information content (AvgIpc) is 1.89. The first kappa shape index (κ1) is 9.67. The smallest absolute Gasteiger partial charge is 0.128 e. The monoisotopic (exact) mass is 164 g/mol. The maximum Gasteiger partial charge on any atom is 0.128 e. The van der Waals surface area contributed by atoms with E-state index in [-0.39, 0.29) is 18.3 Å². The number of nitrogens with zero attached hydrogens (tertiary/aromatic N) is 1. The van der Waals surface area contributed by atoms with E-state index in [1.54, 1.807) is 0 Å². The highest BCUT2D eigenvalue weighted by Gasteiger charge is 2.23. The van der Waals surface area contributed by atoms with Gasteiger partial charge in [-0.25, -0.2) is 4.39 Å². The summed E-state index contributed by atoms with van der Waals surface area (Å²) in [6, 6.07) is 1.94. The summed E-state index contributed by atoms with van der Waals surface area (Å²) in [4.78, 5) is 0. The van der Waals surface area contributed by atoms with E-state index in [0.717, 1.165) is 6.54 Å². The average molecular weight is 165 g/mol. The maximum atomic E-state index is 12.6. The van der Waals surface area contributed by atoms with Gasteiger partial charge in [-0.1, -0.05) is 0 Å². The minimum atomic E-state index is -0.955. The fourth-order valence-electron chi connectivity index (χ4n) is 0.966. The molecule has 0 spiro atoms. The topological polar surface area (TPSA) is 35.8 Å². The Morgan fingerprint density at radius 2 is 2.30 bits per heavy atom. The van der Waals surface area contributed by atoms with Crippen LogP contribution in [0.15, 0.2) is 0 Å². The molecule has 1 fully saturated rings. The molecule has 0 aromatic heterocycles. The summed E-state index contributed by atoms with van der Waals surface area (Å²) in [7, 11) is 0. The lowest BCUT2D eigenvalue weighted by Crippen LogP contribution is -2.37. The maximum absolute atomic E-state index is 12.6. The van der Waals surface area contributed by atoms with Crippen molar-refractivity contribution in [2.45, 2.75) is 12.6 Å². The molecule has 1 rings (SSSR count). The largest absolute Gasteiger partial charge is 0.314 e. The van der Waals surface area contributed by atoms with Gasteiger partial charge in [0.2, 0.25) is 0 Å². The zero-order chi connectivity index (χ0) is 6.69. The molecule has 0 radical (unpaired) electrons. The lowest BCUT2D eigenvalue weighted by molar-refractivity contribution is 0.218. The molecule has 1 heterocycles. The summed E-state index contributed by atoms with van der Waals surface area (Å²) >= 11 is 0. The van der Waals surface area contributed by atoms with Crippen LogP contribution in [0.3, 0.4) is 0 Å². The predicted molar refractivity (Wildman–Crippen MR) is 38.7 cm³/mol. The molecule has 4 heteroatoms. The molecule has 1 saturated heterocycles. The summed E-state index contributed by atoms with van der Waals surface area (Å²) in [5.41, 5.74) is 0. The second-order valence-electron chi connectivity index (χ2n) is 2.24. The number of piperidine rings is 1.